The van der Waals surface area contributed by atoms with Crippen molar-refractivity contribution in [3.63, 3.8) is 0 Å². The van der Waals surface area contributed by atoms with E-state index in [2.05, 4.69) is 0 Å². The average Bonchev–Trinajstić information content (AvgIpc) is 2.74. The predicted octanol–water partition coefficient (Wildman–Crippen LogP) is 1.98. The van der Waals surface area contributed by atoms with Gasteiger partial charge >= 0.3 is 5.97 Å². The Morgan fingerprint density at radius 3 is 2.39 bits per heavy atom. The molecule has 0 amide bonds. The smallest absolute Gasteiger partial charge is 0.354 e. The first kappa shape index (κ1) is 12.3. The quantitative estimate of drug-likeness (QED) is 0.780. The van der Waals surface area contributed by atoms with Gasteiger partial charge < -0.3 is 18.8 Å². The van der Waals surface area contributed by atoms with Crippen LogP contribution in [-0.2, 0) is 11.8 Å². The largest absolute Gasteiger partial charge is 0.497 e. The number of ether oxygens (including phenoxy) is 3. The Bertz CT molecular complexity index is 601. The molecule has 5 heteroatoms. The number of hydrogen-bond acceptors (Lipinski definition) is 4. The molecule has 2 rings (SSSR count). The topological polar surface area (TPSA) is 49.7 Å². The first-order valence-electron chi connectivity index (χ1n) is 5.42. The zero-order valence-corrected chi connectivity index (χ0v) is 10.8. The van der Waals surface area contributed by atoms with Gasteiger partial charge in [0.2, 0.25) is 0 Å². The SMILES string of the molecule is COC(=O)c1cc2c(OC)cc(OC)cc2n1C. The van der Waals surface area contributed by atoms with Gasteiger partial charge in [-0.3, -0.25) is 0 Å². The number of carbonyl (C=O) groups is 1. The van der Waals surface area contributed by atoms with E-state index in [0.717, 1.165) is 10.9 Å². The first-order valence-corrected chi connectivity index (χ1v) is 5.42. The minimum Gasteiger partial charge on any atom is -0.497 e. The minimum atomic E-state index is -0.380. The summed E-state index contributed by atoms with van der Waals surface area (Å²) in [6, 6.07) is 5.38. The fraction of sp³-hybridized carbons (Fsp3) is 0.308. The molecule has 0 atom stereocenters. The lowest BCUT2D eigenvalue weighted by atomic mass is 10.2. The minimum absolute atomic E-state index is 0.380. The number of carbonyl (C=O) groups excluding carboxylic acids is 1. The predicted molar refractivity (Wildman–Crippen MR) is 67.4 cm³/mol. The molecule has 1 aromatic heterocycles. The van der Waals surface area contributed by atoms with Crippen molar-refractivity contribution in [1.82, 2.24) is 4.57 Å². The number of nitrogens with zero attached hydrogens (tertiary/aromatic N) is 1. The third kappa shape index (κ3) is 1.77. The summed E-state index contributed by atoms with van der Waals surface area (Å²) < 4.78 is 17.0. The van der Waals surface area contributed by atoms with Crippen molar-refractivity contribution in [2.75, 3.05) is 21.3 Å². The fourth-order valence-corrected chi connectivity index (χ4v) is 1.96. The van der Waals surface area contributed by atoms with E-state index in [4.69, 9.17) is 14.2 Å². The number of aryl methyl sites for hydroxylation is 1. The molecule has 0 aliphatic heterocycles. The van der Waals surface area contributed by atoms with Gasteiger partial charge in [0.05, 0.1) is 26.8 Å². The maximum absolute atomic E-state index is 11.6. The fourth-order valence-electron chi connectivity index (χ4n) is 1.96. The number of esters is 1. The van der Waals surface area contributed by atoms with Crippen LogP contribution in [-0.4, -0.2) is 31.9 Å². The second-order valence-corrected chi connectivity index (χ2v) is 3.84. The Balaban J connectivity index is 2.74. The van der Waals surface area contributed by atoms with Gasteiger partial charge in [0.25, 0.3) is 0 Å². The van der Waals surface area contributed by atoms with Gasteiger partial charge in [-0.2, -0.15) is 0 Å². The van der Waals surface area contributed by atoms with E-state index < -0.39 is 0 Å². The molecule has 0 radical (unpaired) electrons. The number of rotatable bonds is 3. The van der Waals surface area contributed by atoms with Crippen molar-refractivity contribution >= 4 is 16.9 Å². The van der Waals surface area contributed by atoms with Crippen LogP contribution in [0.25, 0.3) is 10.9 Å². The zero-order valence-electron chi connectivity index (χ0n) is 10.8. The van der Waals surface area contributed by atoms with Crippen molar-refractivity contribution in [3.8, 4) is 11.5 Å². The van der Waals surface area contributed by atoms with E-state index in [1.165, 1.54) is 7.11 Å². The van der Waals surface area contributed by atoms with Crippen molar-refractivity contribution in [2.45, 2.75) is 0 Å². The Labute approximate surface area is 105 Å². The molecular weight excluding hydrogens is 234 g/mol. The van der Waals surface area contributed by atoms with Crippen molar-refractivity contribution in [1.29, 1.82) is 0 Å². The van der Waals surface area contributed by atoms with Crippen LogP contribution in [0.5, 0.6) is 11.5 Å². The highest BCUT2D eigenvalue weighted by molar-refractivity contribution is 5.98. The average molecular weight is 249 g/mol. The molecule has 0 fully saturated rings. The molecule has 18 heavy (non-hydrogen) atoms. The van der Waals surface area contributed by atoms with Crippen LogP contribution in [0.1, 0.15) is 10.5 Å². The maximum atomic E-state index is 11.6. The van der Waals surface area contributed by atoms with Gasteiger partial charge in [-0.05, 0) is 6.07 Å². The first-order chi connectivity index (χ1) is 8.62. The normalized spacial score (nSPS) is 10.4. The van der Waals surface area contributed by atoms with Gasteiger partial charge in [0, 0.05) is 24.6 Å². The molecule has 0 aliphatic rings. The summed E-state index contributed by atoms with van der Waals surface area (Å²) in [4.78, 5) is 11.6. The van der Waals surface area contributed by atoms with Crippen molar-refractivity contribution in [2.24, 2.45) is 7.05 Å². The highest BCUT2D eigenvalue weighted by Crippen LogP contribution is 2.33. The van der Waals surface area contributed by atoms with Crippen LogP contribution in [0.3, 0.4) is 0 Å². The van der Waals surface area contributed by atoms with E-state index in [0.29, 0.717) is 17.2 Å². The molecule has 5 nitrogen and oxygen atoms in total. The second-order valence-electron chi connectivity index (χ2n) is 3.84. The van der Waals surface area contributed by atoms with Crippen LogP contribution in [0.2, 0.25) is 0 Å². The summed E-state index contributed by atoms with van der Waals surface area (Å²) in [6.07, 6.45) is 0. The maximum Gasteiger partial charge on any atom is 0.354 e. The lowest BCUT2D eigenvalue weighted by Gasteiger charge is -2.07. The lowest BCUT2D eigenvalue weighted by Crippen LogP contribution is -2.06. The Morgan fingerprint density at radius 2 is 1.83 bits per heavy atom. The summed E-state index contributed by atoms with van der Waals surface area (Å²) in [5.74, 6) is 0.960. The monoisotopic (exact) mass is 249 g/mol. The Morgan fingerprint density at radius 1 is 1.11 bits per heavy atom. The number of methoxy groups -OCH3 is 3. The van der Waals surface area contributed by atoms with Gasteiger partial charge in [0.1, 0.15) is 17.2 Å². The molecule has 2 aromatic rings. The molecule has 0 unspecified atom stereocenters. The van der Waals surface area contributed by atoms with Crippen LogP contribution in [0.15, 0.2) is 18.2 Å². The number of fused-ring (bicyclic) bond motifs is 1. The van der Waals surface area contributed by atoms with Crippen molar-refractivity contribution < 1.29 is 19.0 Å². The van der Waals surface area contributed by atoms with Crippen LogP contribution >= 0.6 is 0 Å². The van der Waals surface area contributed by atoms with E-state index >= 15 is 0 Å². The van der Waals surface area contributed by atoms with E-state index in [-0.39, 0.29) is 5.97 Å². The summed E-state index contributed by atoms with van der Waals surface area (Å²) >= 11 is 0. The molecule has 0 saturated carbocycles. The molecule has 1 heterocycles. The molecule has 1 aromatic carbocycles. The van der Waals surface area contributed by atoms with Gasteiger partial charge in [-0.25, -0.2) is 4.79 Å². The number of benzene rings is 1. The van der Waals surface area contributed by atoms with E-state index in [9.17, 15) is 4.79 Å². The van der Waals surface area contributed by atoms with Crippen LogP contribution in [0, 0.1) is 0 Å². The second kappa shape index (κ2) is 4.60. The highest BCUT2D eigenvalue weighted by Gasteiger charge is 2.17. The number of hydrogen-bond donors (Lipinski definition) is 0. The van der Waals surface area contributed by atoms with E-state index in [1.807, 2.05) is 6.07 Å². The summed E-state index contributed by atoms with van der Waals surface area (Å²) in [7, 11) is 6.33. The highest BCUT2D eigenvalue weighted by atomic mass is 16.5. The Kier molecular flexibility index (Phi) is 3.14. The Hall–Kier alpha value is -2.17. The lowest BCUT2D eigenvalue weighted by molar-refractivity contribution is 0.0590. The molecule has 0 aliphatic carbocycles. The third-order valence-electron chi connectivity index (χ3n) is 2.95. The van der Waals surface area contributed by atoms with Crippen LogP contribution < -0.4 is 9.47 Å². The van der Waals surface area contributed by atoms with Gasteiger partial charge in [-0.1, -0.05) is 0 Å². The van der Waals surface area contributed by atoms with Gasteiger partial charge in [-0.15, -0.1) is 0 Å². The molecule has 0 saturated heterocycles. The zero-order chi connectivity index (χ0) is 13.3. The third-order valence-corrected chi connectivity index (χ3v) is 2.95. The molecular formula is C13H15NO4. The summed E-state index contributed by atoms with van der Waals surface area (Å²) in [6.45, 7) is 0. The van der Waals surface area contributed by atoms with Crippen molar-refractivity contribution in [3.05, 3.63) is 23.9 Å². The number of aromatic nitrogens is 1. The molecule has 0 N–H and O–H groups in total. The van der Waals surface area contributed by atoms with E-state index in [1.54, 1.807) is 38.0 Å². The van der Waals surface area contributed by atoms with Crippen LogP contribution in [0.4, 0.5) is 0 Å². The molecule has 0 spiro atoms. The summed E-state index contributed by atoms with van der Waals surface area (Å²) in [5.41, 5.74) is 1.32. The molecule has 96 valence electrons. The van der Waals surface area contributed by atoms with Gasteiger partial charge in [0.15, 0.2) is 0 Å². The molecule has 0 bridgehead atoms. The summed E-state index contributed by atoms with van der Waals surface area (Å²) in [5, 5.41) is 0.848. The standard InChI is InChI=1S/C13H15NO4/c1-14-10-5-8(16-2)6-12(17-3)9(10)7-11(14)13(15)18-4/h5-7H,1-4H3.